The normalized spacial score (nSPS) is 18.0. The molecule has 2 aliphatic heterocycles. The number of hydrogen-bond donors (Lipinski definition) is 1. The van der Waals surface area contributed by atoms with Crippen LogP contribution in [0.3, 0.4) is 0 Å². The van der Waals surface area contributed by atoms with Crippen molar-refractivity contribution in [3.63, 3.8) is 0 Å². The average Bonchev–Trinajstić information content (AvgIpc) is 3.52. The van der Waals surface area contributed by atoms with Gasteiger partial charge in [-0.3, -0.25) is 14.4 Å². The number of sulfone groups is 1. The van der Waals surface area contributed by atoms with Crippen LogP contribution in [0.2, 0.25) is 5.02 Å². The molecular weight excluding hydrogens is 490 g/mol. The Hall–Kier alpha value is -2.37. The second kappa shape index (κ2) is 9.11. The van der Waals surface area contributed by atoms with Crippen molar-refractivity contribution in [3.05, 3.63) is 39.4 Å². The Morgan fingerprint density at radius 1 is 1.18 bits per heavy atom. The van der Waals surface area contributed by atoms with E-state index >= 15 is 0 Å². The second-order valence-electron chi connectivity index (χ2n) is 8.53. The fourth-order valence-corrected chi connectivity index (χ4v) is 7.25. The number of halogens is 1. The van der Waals surface area contributed by atoms with Crippen molar-refractivity contribution < 1.29 is 27.2 Å². The molecule has 33 heavy (non-hydrogen) atoms. The third kappa shape index (κ3) is 4.95. The Morgan fingerprint density at radius 3 is 2.42 bits per heavy atom. The van der Waals surface area contributed by atoms with E-state index < -0.39 is 15.7 Å². The van der Waals surface area contributed by atoms with Gasteiger partial charge in [-0.25, -0.2) is 8.42 Å². The molecule has 0 aliphatic carbocycles. The molecule has 178 valence electrons. The van der Waals surface area contributed by atoms with Gasteiger partial charge in [0, 0.05) is 37.8 Å². The first-order chi connectivity index (χ1) is 15.6. The zero-order valence-corrected chi connectivity index (χ0v) is 20.4. The van der Waals surface area contributed by atoms with Gasteiger partial charge in [0.25, 0.3) is 11.8 Å². The summed E-state index contributed by atoms with van der Waals surface area (Å²) in [5.41, 5.74) is -0.0761. The Morgan fingerprint density at radius 2 is 1.85 bits per heavy atom. The van der Waals surface area contributed by atoms with Gasteiger partial charge >= 0.3 is 0 Å². The lowest BCUT2D eigenvalue weighted by Gasteiger charge is -2.39. The van der Waals surface area contributed by atoms with Gasteiger partial charge in [-0.2, -0.15) is 0 Å². The molecule has 4 rings (SSSR count). The Labute approximate surface area is 200 Å². The van der Waals surface area contributed by atoms with Gasteiger partial charge in [-0.1, -0.05) is 11.6 Å². The number of likely N-dealkylation sites (tertiary alicyclic amines) is 2. The lowest BCUT2D eigenvalue weighted by atomic mass is 9.78. The number of furan rings is 1. The lowest BCUT2D eigenvalue weighted by molar-refractivity contribution is -0.132. The number of carbonyl (C=O) groups is 3. The summed E-state index contributed by atoms with van der Waals surface area (Å²) in [5, 5.41) is 3.97. The highest BCUT2D eigenvalue weighted by Crippen LogP contribution is 2.42. The minimum atomic E-state index is -3.50. The summed E-state index contributed by atoms with van der Waals surface area (Å²) in [6.07, 6.45) is 4.78. The fourth-order valence-electron chi connectivity index (χ4n) is 4.38. The monoisotopic (exact) mass is 513 g/mol. The van der Waals surface area contributed by atoms with Crippen LogP contribution in [-0.2, 0) is 14.6 Å². The standard InChI is InChI=1S/C21H24ClN3O6S2/c1-33(29,30)15-12-32-18(17(15)22)20(28)25-9-6-21(13-25)4-7-24(8-5-21)16(26)11-23-19(27)14-3-2-10-31-14/h2-3,10,12H,4-9,11,13H2,1H3,(H,23,27). The van der Waals surface area contributed by atoms with E-state index in [1.165, 1.54) is 17.7 Å². The smallest absolute Gasteiger partial charge is 0.287 e. The van der Waals surface area contributed by atoms with Crippen LogP contribution in [0.25, 0.3) is 0 Å². The molecule has 4 heterocycles. The fraction of sp³-hybridized carbons (Fsp3) is 0.476. The Balaban J connectivity index is 1.31. The first-order valence-electron chi connectivity index (χ1n) is 10.5. The SMILES string of the molecule is CS(=O)(=O)c1csc(C(=O)N2CCC3(CCN(C(=O)CNC(=O)c4ccco4)CC3)C2)c1Cl. The van der Waals surface area contributed by atoms with Gasteiger partial charge in [0.05, 0.1) is 22.7 Å². The van der Waals surface area contributed by atoms with E-state index in [9.17, 15) is 22.8 Å². The number of amides is 3. The first-order valence-corrected chi connectivity index (χ1v) is 13.6. The Kier molecular flexibility index (Phi) is 6.56. The minimum absolute atomic E-state index is 0.00883. The molecule has 2 fully saturated rings. The van der Waals surface area contributed by atoms with E-state index in [0.717, 1.165) is 36.9 Å². The number of piperidine rings is 1. The molecular formula is C21H24ClN3O6S2. The maximum absolute atomic E-state index is 13.0. The van der Waals surface area contributed by atoms with E-state index in [1.807, 2.05) is 0 Å². The highest BCUT2D eigenvalue weighted by Gasteiger charge is 2.43. The van der Waals surface area contributed by atoms with E-state index in [4.69, 9.17) is 16.0 Å². The third-order valence-electron chi connectivity index (χ3n) is 6.34. The molecule has 2 aromatic heterocycles. The average molecular weight is 514 g/mol. The maximum atomic E-state index is 13.0. The number of thiophene rings is 1. The van der Waals surface area contributed by atoms with E-state index in [0.29, 0.717) is 26.2 Å². The first kappa shape index (κ1) is 23.8. The van der Waals surface area contributed by atoms with Crippen molar-refractivity contribution in [1.82, 2.24) is 15.1 Å². The van der Waals surface area contributed by atoms with Crippen LogP contribution in [0.5, 0.6) is 0 Å². The molecule has 0 unspecified atom stereocenters. The molecule has 0 bridgehead atoms. The quantitative estimate of drug-likeness (QED) is 0.655. The van der Waals surface area contributed by atoms with Crippen molar-refractivity contribution in [2.24, 2.45) is 5.41 Å². The van der Waals surface area contributed by atoms with Crippen LogP contribution in [-0.4, -0.2) is 74.9 Å². The van der Waals surface area contributed by atoms with Crippen molar-refractivity contribution >= 4 is 50.5 Å². The van der Waals surface area contributed by atoms with Crippen LogP contribution in [0.1, 0.15) is 39.5 Å². The summed E-state index contributed by atoms with van der Waals surface area (Å²) in [6.45, 7) is 2.11. The summed E-state index contributed by atoms with van der Waals surface area (Å²) in [6, 6.07) is 3.14. The van der Waals surface area contributed by atoms with E-state index in [2.05, 4.69) is 5.32 Å². The van der Waals surface area contributed by atoms with Crippen molar-refractivity contribution in [2.75, 3.05) is 39.0 Å². The second-order valence-corrected chi connectivity index (χ2v) is 11.8. The summed E-state index contributed by atoms with van der Waals surface area (Å²) in [7, 11) is -3.50. The molecule has 12 heteroatoms. The molecule has 3 amide bonds. The van der Waals surface area contributed by atoms with Gasteiger partial charge < -0.3 is 19.5 Å². The number of nitrogens with zero attached hydrogens (tertiary/aromatic N) is 2. The van der Waals surface area contributed by atoms with Crippen molar-refractivity contribution in [3.8, 4) is 0 Å². The molecule has 2 aromatic rings. The molecule has 1 N–H and O–H groups in total. The number of rotatable bonds is 5. The zero-order chi connectivity index (χ0) is 23.8. The highest BCUT2D eigenvalue weighted by molar-refractivity contribution is 7.91. The molecule has 1 spiro atoms. The summed E-state index contributed by atoms with van der Waals surface area (Å²) in [5.74, 6) is -0.686. The summed E-state index contributed by atoms with van der Waals surface area (Å²) >= 11 is 7.25. The zero-order valence-electron chi connectivity index (χ0n) is 18.0. The largest absolute Gasteiger partial charge is 0.459 e. The molecule has 2 aliphatic rings. The van der Waals surface area contributed by atoms with Crippen LogP contribution < -0.4 is 5.32 Å². The molecule has 0 saturated carbocycles. The molecule has 0 aromatic carbocycles. The van der Waals surface area contributed by atoms with E-state index in [-0.39, 0.29) is 44.3 Å². The molecule has 9 nitrogen and oxygen atoms in total. The van der Waals surface area contributed by atoms with Crippen LogP contribution in [0, 0.1) is 5.41 Å². The summed E-state index contributed by atoms with van der Waals surface area (Å²) < 4.78 is 28.7. The van der Waals surface area contributed by atoms with Crippen LogP contribution in [0.4, 0.5) is 0 Å². The van der Waals surface area contributed by atoms with Gasteiger partial charge in [-0.05, 0) is 36.8 Å². The number of carbonyl (C=O) groups excluding carboxylic acids is 3. The minimum Gasteiger partial charge on any atom is -0.459 e. The van der Waals surface area contributed by atoms with Crippen molar-refractivity contribution in [1.29, 1.82) is 0 Å². The van der Waals surface area contributed by atoms with Gasteiger partial charge in [-0.15, -0.1) is 11.3 Å². The van der Waals surface area contributed by atoms with Gasteiger partial charge in [0.1, 0.15) is 4.88 Å². The van der Waals surface area contributed by atoms with Crippen molar-refractivity contribution in [2.45, 2.75) is 24.2 Å². The Bertz CT molecular complexity index is 1170. The third-order valence-corrected chi connectivity index (χ3v) is 9.20. The maximum Gasteiger partial charge on any atom is 0.287 e. The topological polar surface area (TPSA) is 117 Å². The predicted octanol–water partition coefficient (Wildman–Crippen LogP) is 2.28. The number of hydrogen-bond acceptors (Lipinski definition) is 7. The molecule has 0 atom stereocenters. The molecule has 0 radical (unpaired) electrons. The lowest BCUT2D eigenvalue weighted by Crippen LogP contribution is -2.47. The number of nitrogens with one attached hydrogen (secondary N) is 1. The van der Waals surface area contributed by atoms with Gasteiger partial charge in [0.2, 0.25) is 5.91 Å². The predicted molar refractivity (Wildman–Crippen MR) is 122 cm³/mol. The van der Waals surface area contributed by atoms with Crippen LogP contribution >= 0.6 is 22.9 Å². The summed E-state index contributed by atoms with van der Waals surface area (Å²) in [4.78, 5) is 41.1. The van der Waals surface area contributed by atoms with Gasteiger partial charge in [0.15, 0.2) is 15.6 Å². The highest BCUT2D eigenvalue weighted by atomic mass is 35.5. The molecule has 2 saturated heterocycles. The van der Waals surface area contributed by atoms with Crippen LogP contribution in [0.15, 0.2) is 33.1 Å². The van der Waals surface area contributed by atoms with E-state index in [1.54, 1.807) is 15.9 Å².